The van der Waals surface area contributed by atoms with Gasteiger partial charge in [0.25, 0.3) is 0 Å². The summed E-state index contributed by atoms with van der Waals surface area (Å²) in [5, 5.41) is 8.46. The van der Waals surface area contributed by atoms with Gasteiger partial charge in [-0.1, -0.05) is 13.8 Å². The molecule has 1 aromatic rings. The molecule has 0 spiro atoms. The molecule has 2 N–H and O–H groups in total. The van der Waals surface area contributed by atoms with Gasteiger partial charge >= 0.3 is 0 Å². The van der Waals surface area contributed by atoms with Crippen molar-refractivity contribution in [1.82, 2.24) is 14.8 Å². The highest BCUT2D eigenvalue weighted by Crippen LogP contribution is 2.18. The largest absolute Gasteiger partial charge is 0.378 e. The fraction of sp³-hybridized carbons (Fsp3) is 0.846. The van der Waals surface area contributed by atoms with Crippen LogP contribution < -0.4 is 5.73 Å². The first-order chi connectivity index (χ1) is 8.70. The van der Waals surface area contributed by atoms with E-state index >= 15 is 0 Å². The Kier molecular flexibility index (Phi) is 4.72. The first-order valence-electron chi connectivity index (χ1n) is 6.93. The Hall–Kier alpha value is -0.940. The fourth-order valence-corrected chi connectivity index (χ4v) is 2.45. The third-order valence-corrected chi connectivity index (χ3v) is 3.35. The summed E-state index contributed by atoms with van der Waals surface area (Å²) in [5.74, 6) is 2.53. The zero-order valence-electron chi connectivity index (χ0n) is 11.4. The van der Waals surface area contributed by atoms with Gasteiger partial charge in [-0.15, -0.1) is 10.2 Å². The van der Waals surface area contributed by atoms with Crippen molar-refractivity contribution in [3.8, 4) is 0 Å². The number of rotatable bonds is 6. The minimum Gasteiger partial charge on any atom is -0.378 e. The van der Waals surface area contributed by atoms with Crippen LogP contribution in [0.15, 0.2) is 0 Å². The molecule has 0 aromatic carbocycles. The lowest BCUT2D eigenvalue weighted by molar-refractivity contribution is 0.104. The average molecular weight is 252 g/mol. The zero-order chi connectivity index (χ0) is 13.0. The first-order valence-corrected chi connectivity index (χ1v) is 6.93. The molecule has 0 aliphatic carbocycles. The van der Waals surface area contributed by atoms with Crippen LogP contribution in [-0.2, 0) is 24.2 Å². The van der Waals surface area contributed by atoms with E-state index < -0.39 is 0 Å². The molecule has 1 fully saturated rings. The molecule has 1 aromatic heterocycles. The van der Waals surface area contributed by atoms with Crippen LogP contribution in [0, 0.1) is 5.92 Å². The number of hydrogen-bond donors (Lipinski definition) is 1. The molecule has 0 bridgehead atoms. The molecule has 1 atom stereocenters. The van der Waals surface area contributed by atoms with Crippen molar-refractivity contribution in [2.75, 3.05) is 6.61 Å². The summed E-state index contributed by atoms with van der Waals surface area (Å²) in [5.41, 5.74) is 5.71. The Balaban J connectivity index is 1.99. The van der Waals surface area contributed by atoms with Crippen molar-refractivity contribution in [1.29, 1.82) is 0 Å². The smallest absolute Gasteiger partial charge is 0.146 e. The molecule has 1 saturated heterocycles. The van der Waals surface area contributed by atoms with Gasteiger partial charge in [0.1, 0.15) is 11.6 Å². The van der Waals surface area contributed by atoms with E-state index in [0.717, 1.165) is 37.6 Å². The van der Waals surface area contributed by atoms with Gasteiger partial charge in [-0.25, -0.2) is 0 Å². The maximum atomic E-state index is 5.71. The Morgan fingerprint density at radius 1 is 1.39 bits per heavy atom. The van der Waals surface area contributed by atoms with E-state index in [4.69, 9.17) is 10.5 Å². The van der Waals surface area contributed by atoms with E-state index in [2.05, 4.69) is 28.6 Å². The molecule has 2 heterocycles. The molecular formula is C13H24N4O. The van der Waals surface area contributed by atoms with Gasteiger partial charge in [-0.05, 0) is 25.2 Å². The van der Waals surface area contributed by atoms with Gasteiger partial charge < -0.3 is 15.0 Å². The van der Waals surface area contributed by atoms with Crippen molar-refractivity contribution in [3.05, 3.63) is 11.6 Å². The van der Waals surface area contributed by atoms with Gasteiger partial charge in [0, 0.05) is 19.6 Å². The van der Waals surface area contributed by atoms with Crippen LogP contribution >= 0.6 is 0 Å². The molecule has 1 aliphatic rings. The molecule has 102 valence electrons. The summed E-state index contributed by atoms with van der Waals surface area (Å²) in [6, 6.07) is 0. The molecule has 5 nitrogen and oxygen atoms in total. The van der Waals surface area contributed by atoms with Gasteiger partial charge in [-0.2, -0.15) is 0 Å². The number of ether oxygens (including phenoxy) is 1. The van der Waals surface area contributed by atoms with Crippen molar-refractivity contribution < 1.29 is 4.74 Å². The van der Waals surface area contributed by atoms with Crippen molar-refractivity contribution in [2.24, 2.45) is 11.7 Å². The minimum absolute atomic E-state index is 0.413. The van der Waals surface area contributed by atoms with E-state index in [0.29, 0.717) is 18.6 Å². The van der Waals surface area contributed by atoms with Gasteiger partial charge in [0.15, 0.2) is 0 Å². The minimum atomic E-state index is 0.413. The summed E-state index contributed by atoms with van der Waals surface area (Å²) < 4.78 is 7.83. The molecule has 18 heavy (non-hydrogen) atoms. The number of aromatic nitrogens is 3. The van der Waals surface area contributed by atoms with Crippen LogP contribution in [0.3, 0.4) is 0 Å². The molecule has 1 unspecified atom stereocenters. The summed E-state index contributed by atoms with van der Waals surface area (Å²) in [6.45, 7) is 6.71. The zero-order valence-corrected chi connectivity index (χ0v) is 11.4. The Morgan fingerprint density at radius 2 is 2.17 bits per heavy atom. The second-order valence-corrected chi connectivity index (χ2v) is 5.41. The van der Waals surface area contributed by atoms with E-state index in [1.54, 1.807) is 0 Å². The summed E-state index contributed by atoms with van der Waals surface area (Å²) >= 11 is 0. The molecular weight excluding hydrogens is 228 g/mol. The Bertz CT molecular complexity index is 369. The highest BCUT2D eigenvalue weighted by atomic mass is 16.5. The maximum Gasteiger partial charge on any atom is 0.146 e. The number of aryl methyl sites for hydroxylation is 1. The standard InChI is InChI=1S/C13H24N4O/c1-10(2)9-17-12(15-16-13(17)8-14)6-5-11-4-3-7-18-11/h10-11H,3-9,14H2,1-2H3. The van der Waals surface area contributed by atoms with Crippen molar-refractivity contribution >= 4 is 0 Å². The van der Waals surface area contributed by atoms with Gasteiger partial charge in [-0.3, -0.25) is 0 Å². The van der Waals surface area contributed by atoms with Crippen LogP contribution in [0.2, 0.25) is 0 Å². The second kappa shape index (κ2) is 6.29. The highest BCUT2D eigenvalue weighted by molar-refractivity contribution is 4.96. The van der Waals surface area contributed by atoms with Gasteiger partial charge in [0.2, 0.25) is 0 Å². The maximum absolute atomic E-state index is 5.71. The predicted octanol–water partition coefficient (Wildman–Crippen LogP) is 1.50. The van der Waals surface area contributed by atoms with Crippen molar-refractivity contribution in [3.63, 3.8) is 0 Å². The SMILES string of the molecule is CC(C)Cn1c(CN)nnc1CCC1CCCO1. The van der Waals surface area contributed by atoms with E-state index in [9.17, 15) is 0 Å². The Labute approximate surface area is 109 Å². The second-order valence-electron chi connectivity index (χ2n) is 5.41. The quantitative estimate of drug-likeness (QED) is 0.833. The fourth-order valence-electron chi connectivity index (χ4n) is 2.45. The van der Waals surface area contributed by atoms with Crippen LogP contribution in [0.4, 0.5) is 0 Å². The van der Waals surface area contributed by atoms with Crippen LogP contribution in [0.1, 0.15) is 44.8 Å². The summed E-state index contributed by atoms with van der Waals surface area (Å²) in [7, 11) is 0. The third kappa shape index (κ3) is 3.29. The van der Waals surface area contributed by atoms with Crippen LogP contribution in [0.25, 0.3) is 0 Å². The normalized spacial score (nSPS) is 19.9. The molecule has 1 aliphatic heterocycles. The van der Waals surface area contributed by atoms with Crippen LogP contribution in [0.5, 0.6) is 0 Å². The predicted molar refractivity (Wildman–Crippen MR) is 70.0 cm³/mol. The number of nitrogens with zero attached hydrogens (tertiary/aromatic N) is 3. The lowest BCUT2D eigenvalue weighted by Gasteiger charge is -2.13. The molecule has 5 heteroatoms. The van der Waals surface area contributed by atoms with E-state index in [1.165, 1.54) is 12.8 Å². The first kappa shape index (κ1) is 13.5. The van der Waals surface area contributed by atoms with E-state index in [1.807, 2.05) is 0 Å². The Morgan fingerprint density at radius 3 is 2.78 bits per heavy atom. The highest BCUT2D eigenvalue weighted by Gasteiger charge is 2.18. The summed E-state index contributed by atoms with van der Waals surface area (Å²) in [4.78, 5) is 0. The molecule has 0 saturated carbocycles. The lowest BCUT2D eigenvalue weighted by atomic mass is 10.1. The number of hydrogen-bond acceptors (Lipinski definition) is 4. The summed E-state index contributed by atoms with van der Waals surface area (Å²) in [6.07, 6.45) is 4.76. The van der Waals surface area contributed by atoms with Gasteiger partial charge in [0.05, 0.1) is 12.6 Å². The monoisotopic (exact) mass is 252 g/mol. The lowest BCUT2D eigenvalue weighted by Crippen LogP contribution is -2.16. The molecule has 0 radical (unpaired) electrons. The topological polar surface area (TPSA) is 66.0 Å². The molecule has 2 rings (SSSR count). The average Bonchev–Trinajstić information content (AvgIpc) is 2.95. The molecule has 0 amide bonds. The van der Waals surface area contributed by atoms with Crippen LogP contribution in [-0.4, -0.2) is 27.5 Å². The third-order valence-electron chi connectivity index (χ3n) is 3.35. The van der Waals surface area contributed by atoms with Crippen molar-refractivity contribution in [2.45, 2.75) is 58.7 Å². The number of nitrogens with two attached hydrogens (primary N) is 1. The van der Waals surface area contributed by atoms with E-state index in [-0.39, 0.29) is 0 Å².